The minimum atomic E-state index is -2.95. The quantitative estimate of drug-likeness (QED) is 0.341. The first kappa shape index (κ1) is 21.1. The molecule has 0 saturated carbocycles. The van der Waals surface area contributed by atoms with E-state index in [1.165, 1.54) is 6.07 Å². The molecule has 1 saturated heterocycles. The van der Waals surface area contributed by atoms with Crippen LogP contribution in [0, 0.1) is 5.82 Å². The van der Waals surface area contributed by atoms with Gasteiger partial charge < -0.3 is 15.7 Å². The fourth-order valence-corrected chi connectivity index (χ4v) is 4.11. The molecule has 1 fully saturated rings. The van der Waals surface area contributed by atoms with E-state index < -0.39 is 15.7 Å². The number of nitrogens with one attached hydrogen (secondary N) is 2. The topological polar surface area (TPSA) is 90.8 Å². The molecule has 9 heteroatoms. The van der Waals surface area contributed by atoms with Crippen molar-refractivity contribution in [3.05, 3.63) is 35.1 Å². The Morgan fingerprint density at radius 1 is 1.46 bits per heavy atom. The van der Waals surface area contributed by atoms with Gasteiger partial charge in [-0.1, -0.05) is 6.07 Å². The second-order valence-electron chi connectivity index (χ2n) is 5.52. The van der Waals surface area contributed by atoms with Crippen LogP contribution in [0.2, 0.25) is 0 Å². The van der Waals surface area contributed by atoms with E-state index in [4.69, 9.17) is 5.11 Å². The summed E-state index contributed by atoms with van der Waals surface area (Å²) in [6.07, 6.45) is 0.567. The first-order valence-electron chi connectivity index (χ1n) is 7.57. The highest BCUT2D eigenvalue weighted by atomic mass is 127. The Labute approximate surface area is 158 Å². The largest absolute Gasteiger partial charge is 0.392 e. The molecule has 1 unspecified atom stereocenters. The Kier molecular flexibility index (Phi) is 8.37. The van der Waals surface area contributed by atoms with Crippen LogP contribution < -0.4 is 10.6 Å². The van der Waals surface area contributed by atoms with E-state index in [9.17, 15) is 12.8 Å². The Hall–Kier alpha value is -0.940. The van der Waals surface area contributed by atoms with Crippen molar-refractivity contribution in [2.75, 3.05) is 18.1 Å². The summed E-state index contributed by atoms with van der Waals surface area (Å²) in [6, 6.07) is 4.35. The molecule has 6 nitrogen and oxygen atoms in total. The summed E-state index contributed by atoms with van der Waals surface area (Å²) in [6.45, 7) is 2.52. The number of nitrogens with zero attached hydrogens (tertiary/aromatic N) is 1. The number of aliphatic imine (C=N–C) groups is 1. The normalized spacial score (nSPS) is 19.6. The van der Waals surface area contributed by atoms with Gasteiger partial charge in [-0.25, -0.2) is 17.8 Å². The van der Waals surface area contributed by atoms with Crippen LogP contribution in [0.15, 0.2) is 23.2 Å². The van der Waals surface area contributed by atoms with Crippen molar-refractivity contribution in [1.29, 1.82) is 0 Å². The van der Waals surface area contributed by atoms with E-state index in [2.05, 4.69) is 15.6 Å². The molecule has 0 spiro atoms. The van der Waals surface area contributed by atoms with Gasteiger partial charge in [0.05, 0.1) is 24.7 Å². The van der Waals surface area contributed by atoms with Crippen LogP contribution in [0.5, 0.6) is 0 Å². The van der Waals surface area contributed by atoms with Crippen molar-refractivity contribution in [3.63, 3.8) is 0 Å². The highest BCUT2D eigenvalue weighted by Crippen LogP contribution is 2.13. The second kappa shape index (κ2) is 9.52. The number of halogens is 2. The van der Waals surface area contributed by atoms with Crippen LogP contribution in [0.25, 0.3) is 0 Å². The first-order valence-corrected chi connectivity index (χ1v) is 9.39. The van der Waals surface area contributed by atoms with E-state index >= 15 is 0 Å². The molecule has 0 bridgehead atoms. The zero-order valence-corrected chi connectivity index (χ0v) is 16.6. The molecule has 0 aromatic heterocycles. The lowest BCUT2D eigenvalue weighted by atomic mass is 10.1. The van der Waals surface area contributed by atoms with Crippen molar-refractivity contribution < 1.29 is 17.9 Å². The van der Waals surface area contributed by atoms with Gasteiger partial charge in [0.2, 0.25) is 0 Å². The predicted octanol–water partition coefficient (Wildman–Crippen LogP) is 1.18. The molecule has 1 heterocycles. The van der Waals surface area contributed by atoms with E-state index in [0.717, 1.165) is 5.56 Å². The lowest BCUT2D eigenvalue weighted by molar-refractivity contribution is 0.275. The Balaban J connectivity index is 0.00000288. The van der Waals surface area contributed by atoms with Gasteiger partial charge in [-0.3, -0.25) is 0 Å². The molecule has 1 aromatic carbocycles. The first-order chi connectivity index (χ1) is 10.9. The average Bonchev–Trinajstić information content (AvgIpc) is 2.85. The van der Waals surface area contributed by atoms with Gasteiger partial charge in [0.1, 0.15) is 5.82 Å². The number of benzene rings is 1. The fraction of sp³-hybridized carbons (Fsp3) is 0.533. The monoisotopic (exact) mass is 471 g/mol. The summed E-state index contributed by atoms with van der Waals surface area (Å²) in [5.74, 6) is 0.399. The third kappa shape index (κ3) is 6.17. The zero-order valence-electron chi connectivity index (χ0n) is 13.5. The number of aliphatic hydroxyl groups is 1. The van der Waals surface area contributed by atoms with Crippen molar-refractivity contribution in [3.8, 4) is 0 Å². The molecular formula is C15H23FIN3O3S. The van der Waals surface area contributed by atoms with Gasteiger partial charge in [0.15, 0.2) is 15.8 Å². The number of hydrogen-bond donors (Lipinski definition) is 3. The van der Waals surface area contributed by atoms with Gasteiger partial charge in [-0.05, 0) is 31.0 Å². The van der Waals surface area contributed by atoms with Crippen LogP contribution in [0.1, 0.15) is 24.5 Å². The fourth-order valence-electron chi connectivity index (χ4n) is 2.44. The molecular weight excluding hydrogens is 448 g/mol. The summed E-state index contributed by atoms with van der Waals surface area (Å²) in [4.78, 5) is 4.40. The molecule has 1 aliphatic heterocycles. The average molecular weight is 471 g/mol. The zero-order chi connectivity index (χ0) is 16.9. The van der Waals surface area contributed by atoms with Gasteiger partial charge in [0.25, 0.3) is 0 Å². The number of aliphatic hydroxyl groups excluding tert-OH is 1. The third-order valence-corrected chi connectivity index (χ3v) is 5.39. The van der Waals surface area contributed by atoms with E-state index in [0.29, 0.717) is 25.5 Å². The van der Waals surface area contributed by atoms with Crippen LogP contribution in [0.3, 0.4) is 0 Å². The third-order valence-electron chi connectivity index (χ3n) is 3.62. The smallest absolute Gasteiger partial charge is 0.191 e. The van der Waals surface area contributed by atoms with Gasteiger partial charge >= 0.3 is 0 Å². The molecule has 24 heavy (non-hydrogen) atoms. The summed E-state index contributed by atoms with van der Waals surface area (Å²) < 4.78 is 36.4. The Morgan fingerprint density at radius 2 is 2.21 bits per heavy atom. The molecule has 1 atom stereocenters. The summed E-state index contributed by atoms with van der Waals surface area (Å²) >= 11 is 0. The van der Waals surface area contributed by atoms with Crippen molar-refractivity contribution >= 4 is 39.8 Å². The van der Waals surface area contributed by atoms with Gasteiger partial charge in [-0.2, -0.15) is 0 Å². The molecule has 0 radical (unpaired) electrons. The van der Waals surface area contributed by atoms with Crippen LogP contribution in [-0.4, -0.2) is 43.6 Å². The summed E-state index contributed by atoms with van der Waals surface area (Å²) in [5, 5.41) is 15.3. The van der Waals surface area contributed by atoms with E-state index in [1.54, 1.807) is 12.1 Å². The SMILES string of the molecule is CCNC(=NCc1ccc(F)c(CO)c1)NC1CCS(=O)(=O)C1.I. The lowest BCUT2D eigenvalue weighted by Gasteiger charge is -2.15. The number of guanidine groups is 1. The second-order valence-corrected chi connectivity index (χ2v) is 7.75. The Morgan fingerprint density at radius 3 is 2.79 bits per heavy atom. The summed E-state index contributed by atoms with van der Waals surface area (Å²) in [7, 11) is -2.95. The molecule has 1 aliphatic rings. The van der Waals surface area contributed by atoms with Crippen molar-refractivity contribution in [2.24, 2.45) is 4.99 Å². The summed E-state index contributed by atoms with van der Waals surface area (Å²) in [5.41, 5.74) is 1.00. The molecule has 1 aromatic rings. The minimum absolute atomic E-state index is 0. The van der Waals surface area contributed by atoms with Gasteiger partial charge in [-0.15, -0.1) is 24.0 Å². The van der Waals surface area contributed by atoms with Crippen LogP contribution in [-0.2, 0) is 23.0 Å². The van der Waals surface area contributed by atoms with Crippen molar-refractivity contribution in [2.45, 2.75) is 32.5 Å². The van der Waals surface area contributed by atoms with Crippen LogP contribution >= 0.6 is 24.0 Å². The maximum Gasteiger partial charge on any atom is 0.191 e. The number of hydrogen-bond acceptors (Lipinski definition) is 4. The van der Waals surface area contributed by atoms with E-state index in [-0.39, 0.29) is 53.7 Å². The van der Waals surface area contributed by atoms with Crippen LogP contribution in [0.4, 0.5) is 4.39 Å². The van der Waals surface area contributed by atoms with Crippen molar-refractivity contribution in [1.82, 2.24) is 10.6 Å². The molecule has 136 valence electrons. The predicted molar refractivity (Wildman–Crippen MR) is 103 cm³/mol. The van der Waals surface area contributed by atoms with E-state index in [1.807, 2.05) is 6.92 Å². The number of sulfone groups is 1. The number of rotatable bonds is 5. The minimum Gasteiger partial charge on any atom is -0.392 e. The standard InChI is InChI=1S/C15H22FN3O3S.HI/c1-2-17-15(19-13-5-6-23(21,22)10-13)18-8-11-3-4-14(16)12(7-11)9-20;/h3-4,7,13,20H,2,5-6,8-10H2,1H3,(H2,17,18,19);1H. The highest BCUT2D eigenvalue weighted by Gasteiger charge is 2.28. The highest BCUT2D eigenvalue weighted by molar-refractivity contribution is 14.0. The molecule has 0 amide bonds. The molecule has 3 N–H and O–H groups in total. The molecule has 2 rings (SSSR count). The Bertz CT molecular complexity index is 683. The molecule has 0 aliphatic carbocycles. The maximum atomic E-state index is 13.4. The lowest BCUT2D eigenvalue weighted by Crippen LogP contribution is -2.44. The van der Waals surface area contributed by atoms with Gasteiger partial charge in [0, 0.05) is 18.2 Å². The maximum absolute atomic E-state index is 13.4.